The molecule has 3 aromatic heterocycles. The van der Waals surface area contributed by atoms with Crippen molar-refractivity contribution in [2.75, 3.05) is 32.2 Å². The molecule has 0 bridgehead atoms. The van der Waals surface area contributed by atoms with E-state index in [4.69, 9.17) is 4.74 Å². The lowest BCUT2D eigenvalue weighted by Gasteiger charge is -2.08. The van der Waals surface area contributed by atoms with Gasteiger partial charge in [0.2, 0.25) is 0 Å². The van der Waals surface area contributed by atoms with E-state index in [0.717, 1.165) is 30.1 Å². The van der Waals surface area contributed by atoms with Crippen molar-refractivity contribution in [2.24, 2.45) is 0 Å². The molecule has 0 radical (unpaired) electrons. The molecule has 5 rings (SSSR count). The number of ether oxygens (including phenoxy) is 1. The van der Waals surface area contributed by atoms with E-state index in [1.54, 1.807) is 6.20 Å². The molecule has 4 aromatic rings. The van der Waals surface area contributed by atoms with Crippen molar-refractivity contribution in [1.29, 1.82) is 0 Å². The Morgan fingerprint density at radius 3 is 2.27 bits per heavy atom. The zero-order valence-corrected chi connectivity index (χ0v) is 19.8. The first-order chi connectivity index (χ1) is 16.0. The molecular formula is C24H27F2N5OS. The second-order valence-electron chi connectivity index (χ2n) is 7.53. The molecule has 0 saturated carbocycles. The summed E-state index contributed by atoms with van der Waals surface area (Å²) in [5.74, 6) is -1.26. The predicted octanol–water partition coefficient (Wildman–Crippen LogP) is 5.67. The number of rotatable bonds is 2. The largest absolute Gasteiger partial charge is 0.381 e. The Kier molecular flexibility index (Phi) is 9.14. The van der Waals surface area contributed by atoms with Gasteiger partial charge in [0.1, 0.15) is 22.7 Å². The normalized spacial score (nSPS) is 12.9. The van der Waals surface area contributed by atoms with Crippen LogP contribution in [0.15, 0.2) is 48.9 Å². The number of pyridine rings is 1. The molecule has 4 heterocycles. The zero-order chi connectivity index (χ0) is 23.6. The van der Waals surface area contributed by atoms with Crippen LogP contribution < -0.4 is 4.90 Å². The quantitative estimate of drug-likeness (QED) is 0.375. The van der Waals surface area contributed by atoms with Crippen molar-refractivity contribution in [3.8, 4) is 11.3 Å². The lowest BCUT2D eigenvalue weighted by atomic mass is 10.1. The summed E-state index contributed by atoms with van der Waals surface area (Å²) >= 11 is 1.37. The number of hydrogen-bond acceptors (Lipinski definition) is 7. The molecule has 6 nitrogen and oxygen atoms in total. The highest BCUT2D eigenvalue weighted by atomic mass is 32.1. The topological polar surface area (TPSA) is 64.0 Å². The fraction of sp³-hybridized carbons (Fsp3) is 0.333. The van der Waals surface area contributed by atoms with Gasteiger partial charge in [-0.15, -0.1) is 0 Å². The summed E-state index contributed by atoms with van der Waals surface area (Å²) in [6.07, 6.45) is 7.05. The SMILES string of the molecule is C1CCOCC1.CN(C)c1nc2ncnc(-c3ccc(F)cc3F)c2s1.Cc1ccccn1. The van der Waals surface area contributed by atoms with Gasteiger partial charge >= 0.3 is 0 Å². The Morgan fingerprint density at radius 1 is 0.970 bits per heavy atom. The number of halogens is 2. The van der Waals surface area contributed by atoms with Gasteiger partial charge in [0.05, 0.1) is 5.69 Å². The van der Waals surface area contributed by atoms with Crippen molar-refractivity contribution >= 4 is 26.8 Å². The van der Waals surface area contributed by atoms with Gasteiger partial charge in [0, 0.05) is 50.8 Å². The number of anilines is 1. The van der Waals surface area contributed by atoms with Gasteiger partial charge in [-0.05, 0) is 50.5 Å². The Hall–Kier alpha value is -3.04. The second kappa shape index (κ2) is 12.3. The molecule has 1 aromatic carbocycles. The van der Waals surface area contributed by atoms with Gasteiger partial charge in [-0.3, -0.25) is 4.98 Å². The van der Waals surface area contributed by atoms with Crippen LogP contribution in [0, 0.1) is 18.6 Å². The standard InChI is InChI=1S/C13H10F2N4S.C6H7N.C5H10O/c1-19(2)13-18-12-11(20-13)10(16-6-17-12)8-4-3-7(14)5-9(8)15;1-6-4-2-3-5-7-6;1-2-4-6-5-3-1/h3-6H,1-2H3;2-5H,1H3;1-5H2. The predicted molar refractivity (Wildman–Crippen MR) is 129 cm³/mol. The highest BCUT2D eigenvalue weighted by Gasteiger charge is 2.16. The van der Waals surface area contributed by atoms with Crippen LogP contribution in [0.2, 0.25) is 0 Å². The Labute approximate surface area is 196 Å². The molecule has 1 saturated heterocycles. The molecule has 33 heavy (non-hydrogen) atoms. The minimum Gasteiger partial charge on any atom is -0.381 e. The molecule has 0 spiro atoms. The minimum atomic E-state index is -0.648. The number of aryl methyl sites for hydroxylation is 1. The van der Waals surface area contributed by atoms with Gasteiger partial charge in [-0.25, -0.2) is 18.7 Å². The van der Waals surface area contributed by atoms with E-state index in [9.17, 15) is 8.78 Å². The number of hydrogen-bond donors (Lipinski definition) is 0. The average molecular weight is 472 g/mol. The van der Waals surface area contributed by atoms with Crippen LogP contribution in [0.1, 0.15) is 25.0 Å². The first kappa shape index (κ1) is 24.6. The lowest BCUT2D eigenvalue weighted by molar-refractivity contribution is 0.0968. The van der Waals surface area contributed by atoms with Crippen molar-refractivity contribution < 1.29 is 13.5 Å². The van der Waals surface area contributed by atoms with Crippen molar-refractivity contribution in [1.82, 2.24) is 19.9 Å². The number of aromatic nitrogens is 4. The van der Waals surface area contributed by atoms with Crippen molar-refractivity contribution in [2.45, 2.75) is 26.2 Å². The van der Waals surface area contributed by atoms with Crippen LogP contribution in [0.5, 0.6) is 0 Å². The van der Waals surface area contributed by atoms with Crippen LogP contribution >= 0.6 is 11.3 Å². The molecule has 0 unspecified atom stereocenters. The molecular weight excluding hydrogens is 444 g/mol. The fourth-order valence-corrected chi connectivity index (χ4v) is 3.89. The van der Waals surface area contributed by atoms with Crippen LogP contribution in [0.3, 0.4) is 0 Å². The van der Waals surface area contributed by atoms with E-state index >= 15 is 0 Å². The van der Waals surface area contributed by atoms with Crippen molar-refractivity contribution in [3.05, 3.63) is 66.3 Å². The summed E-state index contributed by atoms with van der Waals surface area (Å²) in [5, 5.41) is 0.754. The summed E-state index contributed by atoms with van der Waals surface area (Å²) in [6.45, 7) is 3.97. The summed E-state index contributed by atoms with van der Waals surface area (Å²) in [4.78, 5) is 18.4. The van der Waals surface area contributed by atoms with Gasteiger partial charge in [-0.1, -0.05) is 17.4 Å². The Balaban J connectivity index is 0.000000191. The fourth-order valence-electron chi connectivity index (χ4n) is 2.94. The Bertz CT molecular complexity index is 1140. The molecule has 0 N–H and O–H groups in total. The third kappa shape index (κ3) is 7.23. The van der Waals surface area contributed by atoms with Gasteiger partial charge in [-0.2, -0.15) is 4.98 Å². The number of benzene rings is 1. The zero-order valence-electron chi connectivity index (χ0n) is 19.0. The van der Waals surface area contributed by atoms with E-state index in [1.165, 1.54) is 49.1 Å². The van der Waals surface area contributed by atoms with E-state index in [0.29, 0.717) is 16.0 Å². The van der Waals surface area contributed by atoms with Gasteiger partial charge in [0.25, 0.3) is 0 Å². The van der Waals surface area contributed by atoms with E-state index in [-0.39, 0.29) is 5.56 Å². The van der Waals surface area contributed by atoms with Crippen LogP contribution in [0.25, 0.3) is 21.6 Å². The van der Waals surface area contributed by atoms with Gasteiger partial charge < -0.3 is 9.64 Å². The summed E-state index contributed by atoms with van der Waals surface area (Å²) in [6, 6.07) is 9.29. The lowest BCUT2D eigenvalue weighted by Crippen LogP contribution is -2.07. The highest BCUT2D eigenvalue weighted by Crippen LogP contribution is 2.34. The number of fused-ring (bicyclic) bond motifs is 1. The average Bonchev–Trinajstić information content (AvgIpc) is 3.27. The van der Waals surface area contributed by atoms with E-state index in [1.807, 2.05) is 44.1 Å². The van der Waals surface area contributed by atoms with Crippen LogP contribution in [-0.2, 0) is 4.74 Å². The number of thiazole rings is 1. The molecule has 1 aliphatic heterocycles. The molecule has 0 atom stereocenters. The highest BCUT2D eigenvalue weighted by molar-refractivity contribution is 7.22. The maximum atomic E-state index is 13.9. The first-order valence-electron chi connectivity index (χ1n) is 10.7. The smallest absolute Gasteiger partial charge is 0.187 e. The maximum Gasteiger partial charge on any atom is 0.187 e. The van der Waals surface area contributed by atoms with E-state index < -0.39 is 11.6 Å². The third-order valence-electron chi connectivity index (χ3n) is 4.64. The minimum absolute atomic E-state index is 0.243. The Morgan fingerprint density at radius 2 is 1.76 bits per heavy atom. The maximum absolute atomic E-state index is 13.9. The first-order valence-corrected chi connectivity index (χ1v) is 11.5. The molecule has 174 valence electrons. The van der Waals surface area contributed by atoms with Gasteiger partial charge in [0.15, 0.2) is 10.8 Å². The van der Waals surface area contributed by atoms with Crippen molar-refractivity contribution in [3.63, 3.8) is 0 Å². The second-order valence-corrected chi connectivity index (χ2v) is 8.51. The molecule has 1 fully saturated rings. The molecule has 9 heteroatoms. The summed E-state index contributed by atoms with van der Waals surface area (Å²) in [7, 11) is 3.73. The monoisotopic (exact) mass is 471 g/mol. The summed E-state index contributed by atoms with van der Waals surface area (Å²) < 4.78 is 32.7. The molecule has 1 aliphatic rings. The van der Waals surface area contributed by atoms with E-state index in [2.05, 4.69) is 19.9 Å². The third-order valence-corrected chi connectivity index (χ3v) is 5.86. The van der Waals surface area contributed by atoms with Crippen LogP contribution in [-0.4, -0.2) is 47.2 Å². The molecule has 0 aliphatic carbocycles. The summed E-state index contributed by atoms with van der Waals surface area (Å²) in [5.41, 5.74) is 2.25. The molecule has 0 amide bonds. The number of nitrogens with zero attached hydrogens (tertiary/aromatic N) is 5. The van der Waals surface area contributed by atoms with Crippen LogP contribution in [0.4, 0.5) is 13.9 Å².